The van der Waals surface area contributed by atoms with Gasteiger partial charge in [-0.05, 0) is 43.2 Å². The van der Waals surface area contributed by atoms with E-state index in [1.807, 2.05) is 18.2 Å². The van der Waals surface area contributed by atoms with E-state index in [1.165, 1.54) is 19.3 Å². The SMILES string of the molecule is NC(=N[C@@H]1C[C@H]1C1CC1)Nc1ccc2c(c1)OCCCO2. The molecule has 1 heterocycles. The van der Waals surface area contributed by atoms with E-state index in [4.69, 9.17) is 15.2 Å². The second-order valence-electron chi connectivity index (χ2n) is 6.16. The second kappa shape index (κ2) is 5.13. The summed E-state index contributed by atoms with van der Waals surface area (Å²) in [4.78, 5) is 4.57. The lowest BCUT2D eigenvalue weighted by Gasteiger charge is -2.10. The zero-order chi connectivity index (χ0) is 14.2. The number of nitrogens with zero attached hydrogens (tertiary/aromatic N) is 1. The Kier molecular flexibility index (Phi) is 3.13. The van der Waals surface area contributed by atoms with E-state index in [2.05, 4.69) is 10.3 Å². The van der Waals surface area contributed by atoms with Gasteiger partial charge in [-0.25, -0.2) is 4.99 Å². The van der Waals surface area contributed by atoms with Crippen molar-refractivity contribution in [3.05, 3.63) is 18.2 Å². The predicted molar refractivity (Wildman–Crippen MR) is 81.9 cm³/mol. The first-order valence-electron chi connectivity index (χ1n) is 7.79. The zero-order valence-electron chi connectivity index (χ0n) is 12.0. The highest BCUT2D eigenvalue weighted by atomic mass is 16.5. The van der Waals surface area contributed by atoms with Crippen LogP contribution < -0.4 is 20.5 Å². The molecule has 2 fully saturated rings. The van der Waals surface area contributed by atoms with Crippen LogP contribution in [0.5, 0.6) is 11.5 Å². The van der Waals surface area contributed by atoms with Crippen molar-refractivity contribution in [2.75, 3.05) is 18.5 Å². The molecule has 0 aromatic heterocycles. The van der Waals surface area contributed by atoms with E-state index in [-0.39, 0.29) is 0 Å². The number of guanidine groups is 1. The number of ether oxygens (including phenoxy) is 2. The molecule has 1 aliphatic heterocycles. The van der Waals surface area contributed by atoms with Crippen molar-refractivity contribution in [2.24, 2.45) is 22.6 Å². The first kappa shape index (κ1) is 12.8. The van der Waals surface area contributed by atoms with Crippen molar-refractivity contribution in [3.8, 4) is 11.5 Å². The number of fused-ring (bicyclic) bond motifs is 1. The molecule has 3 aliphatic rings. The molecule has 0 amide bonds. The van der Waals surface area contributed by atoms with Gasteiger partial charge in [0.2, 0.25) is 0 Å². The Morgan fingerprint density at radius 1 is 1.19 bits per heavy atom. The van der Waals surface area contributed by atoms with Crippen molar-refractivity contribution < 1.29 is 9.47 Å². The fourth-order valence-electron chi connectivity index (χ4n) is 2.98. The Balaban J connectivity index is 1.42. The van der Waals surface area contributed by atoms with E-state index in [9.17, 15) is 0 Å². The highest BCUT2D eigenvalue weighted by molar-refractivity contribution is 5.92. The molecule has 3 N–H and O–H groups in total. The summed E-state index contributed by atoms with van der Waals surface area (Å²) in [5.41, 5.74) is 6.90. The summed E-state index contributed by atoms with van der Waals surface area (Å²) in [6.45, 7) is 1.39. The summed E-state index contributed by atoms with van der Waals surface area (Å²) in [5.74, 6) is 3.77. The minimum Gasteiger partial charge on any atom is -0.490 e. The van der Waals surface area contributed by atoms with Crippen LogP contribution in [-0.2, 0) is 0 Å². The van der Waals surface area contributed by atoms with Crippen molar-refractivity contribution in [1.82, 2.24) is 0 Å². The summed E-state index contributed by atoms with van der Waals surface area (Å²) in [6.07, 6.45) is 4.87. The summed E-state index contributed by atoms with van der Waals surface area (Å²) < 4.78 is 11.3. The Morgan fingerprint density at radius 2 is 2.00 bits per heavy atom. The molecule has 5 nitrogen and oxygen atoms in total. The topological polar surface area (TPSA) is 68.9 Å². The van der Waals surface area contributed by atoms with Gasteiger partial charge in [-0.15, -0.1) is 0 Å². The van der Waals surface area contributed by atoms with Gasteiger partial charge in [0.25, 0.3) is 0 Å². The number of nitrogens with one attached hydrogen (secondary N) is 1. The molecule has 0 unspecified atom stereocenters. The van der Waals surface area contributed by atoms with Crippen LogP contribution in [0, 0.1) is 11.8 Å². The minimum absolute atomic E-state index is 0.436. The number of aliphatic imine (C=N–C) groups is 1. The van der Waals surface area contributed by atoms with Gasteiger partial charge in [0, 0.05) is 18.2 Å². The van der Waals surface area contributed by atoms with Gasteiger partial charge in [0.05, 0.1) is 19.3 Å². The maximum atomic E-state index is 6.00. The molecule has 5 heteroatoms. The monoisotopic (exact) mass is 287 g/mol. The standard InChI is InChI=1S/C16H21N3O2/c17-16(19-13-9-12(13)10-2-3-10)18-11-4-5-14-15(8-11)21-7-1-6-20-14/h4-5,8,10,12-13H,1-3,6-7,9H2,(H3,17,18,19)/t12-,13+/m0/s1. The average molecular weight is 287 g/mol. The summed E-state index contributed by atoms with van der Waals surface area (Å²) in [6, 6.07) is 6.22. The van der Waals surface area contributed by atoms with E-state index in [1.54, 1.807) is 0 Å². The first-order valence-corrected chi connectivity index (χ1v) is 7.79. The van der Waals surface area contributed by atoms with Gasteiger partial charge < -0.3 is 20.5 Å². The quantitative estimate of drug-likeness (QED) is 0.661. The van der Waals surface area contributed by atoms with Gasteiger partial charge in [0.1, 0.15) is 0 Å². The predicted octanol–water partition coefficient (Wildman–Crippen LogP) is 2.37. The highest BCUT2D eigenvalue weighted by Gasteiger charge is 2.47. The highest BCUT2D eigenvalue weighted by Crippen LogP contribution is 2.51. The van der Waals surface area contributed by atoms with Crippen LogP contribution in [0.25, 0.3) is 0 Å². The van der Waals surface area contributed by atoms with Crippen LogP contribution in [0.2, 0.25) is 0 Å². The fourth-order valence-corrected chi connectivity index (χ4v) is 2.98. The van der Waals surface area contributed by atoms with Crippen LogP contribution in [0.3, 0.4) is 0 Å². The molecule has 0 spiro atoms. The van der Waals surface area contributed by atoms with E-state index < -0.39 is 0 Å². The summed E-state index contributed by atoms with van der Waals surface area (Å²) in [5, 5.41) is 3.16. The fraction of sp³-hybridized carbons (Fsp3) is 0.562. The molecule has 0 radical (unpaired) electrons. The lowest BCUT2D eigenvalue weighted by molar-refractivity contribution is 0.297. The van der Waals surface area contributed by atoms with Crippen LogP contribution in [-0.4, -0.2) is 25.2 Å². The zero-order valence-corrected chi connectivity index (χ0v) is 12.0. The van der Waals surface area contributed by atoms with E-state index >= 15 is 0 Å². The van der Waals surface area contributed by atoms with Crippen molar-refractivity contribution in [2.45, 2.75) is 31.7 Å². The summed E-state index contributed by atoms with van der Waals surface area (Å²) >= 11 is 0. The number of hydrogen-bond acceptors (Lipinski definition) is 3. The third-order valence-corrected chi connectivity index (χ3v) is 4.36. The lowest BCUT2D eigenvalue weighted by Crippen LogP contribution is -2.23. The molecule has 1 aromatic rings. The molecule has 0 bridgehead atoms. The largest absolute Gasteiger partial charge is 0.490 e. The molecular formula is C16H21N3O2. The van der Waals surface area contributed by atoms with E-state index in [0.717, 1.165) is 35.4 Å². The minimum atomic E-state index is 0.436. The van der Waals surface area contributed by atoms with Crippen molar-refractivity contribution >= 4 is 11.6 Å². The Morgan fingerprint density at radius 3 is 2.81 bits per heavy atom. The Labute approximate surface area is 124 Å². The molecule has 0 saturated heterocycles. The molecule has 112 valence electrons. The van der Waals surface area contributed by atoms with Gasteiger partial charge in [-0.3, -0.25) is 0 Å². The van der Waals surface area contributed by atoms with Gasteiger partial charge in [0.15, 0.2) is 17.5 Å². The van der Waals surface area contributed by atoms with Gasteiger partial charge in [-0.1, -0.05) is 0 Å². The van der Waals surface area contributed by atoms with Crippen LogP contribution in [0.4, 0.5) is 5.69 Å². The molecule has 2 atom stereocenters. The lowest BCUT2D eigenvalue weighted by atomic mass is 10.2. The molecule has 1 aromatic carbocycles. The van der Waals surface area contributed by atoms with Gasteiger partial charge >= 0.3 is 0 Å². The van der Waals surface area contributed by atoms with Crippen LogP contribution >= 0.6 is 0 Å². The van der Waals surface area contributed by atoms with Crippen molar-refractivity contribution in [1.29, 1.82) is 0 Å². The molecule has 2 saturated carbocycles. The average Bonchev–Trinajstić information content (AvgIpc) is 3.33. The molecular weight excluding hydrogens is 266 g/mol. The third-order valence-electron chi connectivity index (χ3n) is 4.36. The number of rotatable bonds is 3. The normalized spacial score (nSPS) is 27.9. The molecule has 4 rings (SSSR count). The van der Waals surface area contributed by atoms with Crippen molar-refractivity contribution in [3.63, 3.8) is 0 Å². The smallest absolute Gasteiger partial charge is 0.193 e. The maximum absolute atomic E-state index is 6.00. The van der Waals surface area contributed by atoms with Crippen LogP contribution in [0.1, 0.15) is 25.7 Å². The molecule has 2 aliphatic carbocycles. The van der Waals surface area contributed by atoms with E-state index in [0.29, 0.717) is 25.2 Å². The Bertz CT molecular complexity index is 569. The second-order valence-corrected chi connectivity index (χ2v) is 6.16. The number of nitrogens with two attached hydrogens (primary N) is 1. The number of anilines is 1. The Hall–Kier alpha value is -1.91. The van der Waals surface area contributed by atoms with Gasteiger partial charge in [-0.2, -0.15) is 0 Å². The third kappa shape index (κ3) is 2.91. The number of benzene rings is 1. The molecule has 21 heavy (non-hydrogen) atoms. The summed E-state index contributed by atoms with van der Waals surface area (Å²) in [7, 11) is 0. The van der Waals surface area contributed by atoms with Crippen LogP contribution in [0.15, 0.2) is 23.2 Å². The number of hydrogen-bond donors (Lipinski definition) is 2. The first-order chi connectivity index (χ1) is 10.3. The maximum Gasteiger partial charge on any atom is 0.193 e.